The molecule has 0 aliphatic heterocycles. The predicted octanol–water partition coefficient (Wildman–Crippen LogP) is 21.1. The van der Waals surface area contributed by atoms with Gasteiger partial charge in [-0.3, -0.25) is 9.59 Å². The number of carbonyl (C=O) groups is 2. The molecular weight excluding hydrogens is 911 g/mol. The number of amides is 1. The van der Waals surface area contributed by atoms with Crippen molar-refractivity contribution in [3.8, 4) is 0 Å². The number of aliphatic hydroxyl groups excluding tert-OH is 2. The smallest absolute Gasteiger partial charge is 0.305 e. The Morgan fingerprint density at radius 1 is 0.378 bits per heavy atom. The molecule has 3 N–H and O–H groups in total. The van der Waals surface area contributed by atoms with E-state index in [0.29, 0.717) is 25.9 Å². The Bertz CT molecular complexity index is 1200. The number of esters is 1. The van der Waals surface area contributed by atoms with Gasteiger partial charge in [-0.15, -0.1) is 0 Å². The van der Waals surface area contributed by atoms with E-state index in [2.05, 4.69) is 55.6 Å². The Hall–Kier alpha value is -1.92. The minimum absolute atomic E-state index is 0.00232. The number of ether oxygens (including phenoxy) is 1. The molecule has 0 aliphatic rings. The van der Waals surface area contributed by atoms with Crippen LogP contribution >= 0.6 is 0 Å². The van der Waals surface area contributed by atoms with Crippen LogP contribution in [0.2, 0.25) is 0 Å². The summed E-state index contributed by atoms with van der Waals surface area (Å²) in [6, 6.07) is -0.539. The van der Waals surface area contributed by atoms with Crippen molar-refractivity contribution in [1.29, 1.82) is 0 Å². The highest BCUT2D eigenvalue weighted by molar-refractivity contribution is 5.76. The molecule has 436 valence electrons. The Morgan fingerprint density at radius 3 is 1.09 bits per heavy atom. The molecule has 6 nitrogen and oxygen atoms in total. The van der Waals surface area contributed by atoms with E-state index in [1.165, 1.54) is 276 Å². The number of aliphatic hydroxyl groups is 2. The zero-order valence-electron chi connectivity index (χ0n) is 49.8. The summed E-state index contributed by atoms with van der Waals surface area (Å²) in [5, 5.41) is 23.3. The monoisotopic (exact) mass is 1040 g/mol. The van der Waals surface area contributed by atoms with Crippen LogP contribution in [0.1, 0.15) is 361 Å². The maximum Gasteiger partial charge on any atom is 0.305 e. The van der Waals surface area contributed by atoms with Gasteiger partial charge in [-0.05, 0) is 77.0 Å². The standard InChI is InChI=1S/C68H129NO5/c1-3-5-7-9-11-13-15-36-40-44-48-52-56-60-66(71)65(64-70)69-67(72)61-57-53-49-45-41-38-34-32-30-28-26-24-22-20-18-17-19-21-23-25-27-29-31-33-35-39-43-47-51-55-59-63-74-68(73)62-58-54-50-46-42-37-16-14-12-10-8-6-4-2/h8,10,14,16,19,21,65-66,70-71H,3-7,9,11-13,15,17-18,20,22-64H2,1-2H3,(H,69,72)/b10-8-,16-14-,21-19-. The first-order valence-corrected chi connectivity index (χ1v) is 33.2. The van der Waals surface area contributed by atoms with E-state index < -0.39 is 12.1 Å². The van der Waals surface area contributed by atoms with Crippen molar-refractivity contribution in [3.63, 3.8) is 0 Å². The molecule has 0 spiro atoms. The molecule has 0 aromatic carbocycles. The summed E-state index contributed by atoms with van der Waals surface area (Å²) in [6.07, 6.45) is 80.4. The van der Waals surface area contributed by atoms with Gasteiger partial charge in [0.05, 0.1) is 25.4 Å². The molecule has 0 bridgehead atoms. The fourth-order valence-corrected chi connectivity index (χ4v) is 10.3. The van der Waals surface area contributed by atoms with Gasteiger partial charge in [-0.2, -0.15) is 0 Å². The van der Waals surface area contributed by atoms with E-state index in [1.54, 1.807) is 0 Å². The van der Waals surface area contributed by atoms with Crippen LogP contribution in [0.15, 0.2) is 36.5 Å². The third-order valence-corrected chi connectivity index (χ3v) is 15.4. The lowest BCUT2D eigenvalue weighted by Gasteiger charge is -2.22. The van der Waals surface area contributed by atoms with Gasteiger partial charge in [0.15, 0.2) is 0 Å². The SMILES string of the molecule is CCC/C=C\C/C=C\CCCCCCCC(=O)OCCCCCCCCCCCCCC/C=C\CCCCCCCCCCCCCCCCCC(=O)NC(CO)C(O)CCCCCCCCCCCCCCC. The number of rotatable bonds is 62. The van der Waals surface area contributed by atoms with Crippen LogP contribution in [0.25, 0.3) is 0 Å². The zero-order chi connectivity index (χ0) is 53.6. The molecule has 0 saturated carbocycles. The summed E-state index contributed by atoms with van der Waals surface area (Å²) < 4.78 is 5.47. The Kier molecular flexibility index (Phi) is 62.0. The summed E-state index contributed by atoms with van der Waals surface area (Å²) in [4.78, 5) is 24.5. The molecule has 0 aliphatic carbocycles. The van der Waals surface area contributed by atoms with Crippen molar-refractivity contribution in [2.24, 2.45) is 0 Å². The Balaban J connectivity index is 3.35. The van der Waals surface area contributed by atoms with Crippen molar-refractivity contribution in [2.45, 2.75) is 373 Å². The molecule has 0 radical (unpaired) electrons. The third-order valence-electron chi connectivity index (χ3n) is 15.4. The molecule has 1 amide bonds. The summed E-state index contributed by atoms with van der Waals surface area (Å²) in [5.74, 6) is -0.0293. The van der Waals surface area contributed by atoms with Gasteiger partial charge >= 0.3 is 5.97 Å². The summed E-state index contributed by atoms with van der Waals surface area (Å²) in [6.45, 7) is 4.90. The predicted molar refractivity (Wildman–Crippen MR) is 324 cm³/mol. The number of allylic oxidation sites excluding steroid dienone is 6. The molecule has 2 atom stereocenters. The van der Waals surface area contributed by atoms with Crippen LogP contribution in [0.4, 0.5) is 0 Å². The Morgan fingerprint density at radius 2 is 0.703 bits per heavy atom. The van der Waals surface area contributed by atoms with E-state index in [0.717, 1.165) is 51.4 Å². The molecule has 0 aromatic rings. The van der Waals surface area contributed by atoms with Gasteiger partial charge in [-0.25, -0.2) is 0 Å². The highest BCUT2D eigenvalue weighted by Crippen LogP contribution is 2.18. The van der Waals surface area contributed by atoms with Gasteiger partial charge < -0.3 is 20.3 Å². The summed E-state index contributed by atoms with van der Waals surface area (Å²) >= 11 is 0. The first kappa shape index (κ1) is 72.1. The quantitative estimate of drug-likeness (QED) is 0.0320. The fourth-order valence-electron chi connectivity index (χ4n) is 10.3. The summed E-state index contributed by atoms with van der Waals surface area (Å²) in [7, 11) is 0. The number of nitrogens with one attached hydrogen (secondary N) is 1. The maximum atomic E-state index is 12.5. The van der Waals surface area contributed by atoms with Crippen molar-refractivity contribution in [1.82, 2.24) is 5.32 Å². The average molecular weight is 1040 g/mol. The van der Waals surface area contributed by atoms with Crippen molar-refractivity contribution >= 4 is 11.9 Å². The molecule has 2 unspecified atom stereocenters. The van der Waals surface area contributed by atoms with Gasteiger partial charge in [0.2, 0.25) is 5.91 Å². The maximum absolute atomic E-state index is 12.5. The van der Waals surface area contributed by atoms with Crippen LogP contribution in [0, 0.1) is 0 Å². The van der Waals surface area contributed by atoms with Crippen LogP contribution in [-0.4, -0.2) is 47.4 Å². The second-order valence-electron chi connectivity index (χ2n) is 22.8. The summed E-state index contributed by atoms with van der Waals surface area (Å²) in [5.41, 5.74) is 0. The fraction of sp³-hybridized carbons (Fsp3) is 0.882. The molecule has 6 heteroatoms. The molecule has 0 heterocycles. The van der Waals surface area contributed by atoms with Crippen LogP contribution < -0.4 is 5.32 Å². The second-order valence-corrected chi connectivity index (χ2v) is 22.8. The Labute approximate surface area is 462 Å². The van der Waals surface area contributed by atoms with Gasteiger partial charge in [0.1, 0.15) is 0 Å². The van der Waals surface area contributed by atoms with E-state index in [-0.39, 0.29) is 18.5 Å². The minimum atomic E-state index is -0.662. The highest BCUT2D eigenvalue weighted by atomic mass is 16.5. The lowest BCUT2D eigenvalue weighted by Crippen LogP contribution is -2.45. The lowest BCUT2D eigenvalue weighted by molar-refractivity contribution is -0.143. The third kappa shape index (κ3) is 59.3. The van der Waals surface area contributed by atoms with Gasteiger partial charge in [-0.1, -0.05) is 307 Å². The zero-order valence-corrected chi connectivity index (χ0v) is 49.8. The van der Waals surface area contributed by atoms with Crippen molar-refractivity contribution in [3.05, 3.63) is 36.5 Å². The van der Waals surface area contributed by atoms with Crippen LogP contribution in [-0.2, 0) is 14.3 Å². The molecule has 74 heavy (non-hydrogen) atoms. The number of carbonyl (C=O) groups excluding carboxylic acids is 2. The van der Waals surface area contributed by atoms with E-state index in [1.807, 2.05) is 0 Å². The number of hydrogen-bond donors (Lipinski definition) is 3. The highest BCUT2D eigenvalue weighted by Gasteiger charge is 2.20. The number of unbranched alkanes of at least 4 members (excludes halogenated alkanes) is 45. The minimum Gasteiger partial charge on any atom is -0.466 e. The normalized spacial score (nSPS) is 12.8. The van der Waals surface area contributed by atoms with Gasteiger partial charge in [0.25, 0.3) is 0 Å². The van der Waals surface area contributed by atoms with Gasteiger partial charge in [0, 0.05) is 12.8 Å². The van der Waals surface area contributed by atoms with Crippen LogP contribution in [0.3, 0.4) is 0 Å². The average Bonchev–Trinajstić information content (AvgIpc) is 3.40. The van der Waals surface area contributed by atoms with Crippen LogP contribution in [0.5, 0.6) is 0 Å². The molecule has 0 aromatic heterocycles. The number of hydrogen-bond acceptors (Lipinski definition) is 5. The topological polar surface area (TPSA) is 95.9 Å². The lowest BCUT2D eigenvalue weighted by atomic mass is 10.0. The van der Waals surface area contributed by atoms with Crippen molar-refractivity contribution < 1.29 is 24.5 Å². The van der Waals surface area contributed by atoms with E-state index >= 15 is 0 Å². The molecule has 0 saturated heterocycles. The first-order valence-electron chi connectivity index (χ1n) is 33.2. The van der Waals surface area contributed by atoms with E-state index in [9.17, 15) is 19.8 Å². The second kappa shape index (κ2) is 63.6. The molecular formula is C68H129NO5. The first-order chi connectivity index (χ1) is 36.5. The molecule has 0 fully saturated rings. The largest absolute Gasteiger partial charge is 0.466 e. The molecule has 0 rings (SSSR count). The van der Waals surface area contributed by atoms with E-state index in [4.69, 9.17) is 4.74 Å². The van der Waals surface area contributed by atoms with Crippen molar-refractivity contribution in [2.75, 3.05) is 13.2 Å².